The number of ketones is 1. The molecule has 0 spiro atoms. The highest BCUT2D eigenvalue weighted by atomic mass is 35.5. The summed E-state index contributed by atoms with van der Waals surface area (Å²) in [5.74, 6) is -0.678. The Balaban J connectivity index is 1.83. The van der Waals surface area contributed by atoms with Crippen LogP contribution in [0, 0.1) is 5.82 Å². The van der Waals surface area contributed by atoms with Gasteiger partial charge in [-0.2, -0.15) is 0 Å². The molecule has 0 atom stereocenters. The van der Waals surface area contributed by atoms with Crippen molar-refractivity contribution in [2.45, 2.75) is 13.0 Å². The number of carbonyl (C=O) groups is 1. The average molecular weight is 305 g/mol. The molecule has 0 aliphatic carbocycles. The SMILES string of the molecule is O=C(Cc1ccc2c(c1)B(O)OC2)c1ccc(F)cc1Cl. The summed E-state index contributed by atoms with van der Waals surface area (Å²) in [5, 5.41) is 9.76. The molecule has 106 valence electrons. The highest BCUT2D eigenvalue weighted by Crippen LogP contribution is 2.20. The minimum absolute atomic E-state index is 0.101. The lowest BCUT2D eigenvalue weighted by Crippen LogP contribution is -2.28. The standard InChI is InChI=1S/C15H11BClFO3/c17-14-7-11(18)3-4-12(14)15(19)6-9-1-2-10-8-21-16(20)13(10)5-9/h1-5,7,20H,6,8H2. The Labute approximate surface area is 126 Å². The molecule has 0 radical (unpaired) electrons. The monoisotopic (exact) mass is 304 g/mol. The normalized spacial score (nSPS) is 13.4. The predicted octanol–water partition coefficient (Wildman–Crippen LogP) is 2.12. The molecule has 1 heterocycles. The van der Waals surface area contributed by atoms with Crippen molar-refractivity contribution in [3.8, 4) is 0 Å². The van der Waals surface area contributed by atoms with Crippen LogP contribution in [0.15, 0.2) is 36.4 Å². The Morgan fingerprint density at radius 1 is 1.33 bits per heavy atom. The van der Waals surface area contributed by atoms with Crippen molar-refractivity contribution in [1.29, 1.82) is 0 Å². The number of benzene rings is 2. The number of hydrogen-bond donors (Lipinski definition) is 1. The number of carbonyl (C=O) groups excluding carboxylic acids is 1. The van der Waals surface area contributed by atoms with Crippen LogP contribution in [0.3, 0.4) is 0 Å². The van der Waals surface area contributed by atoms with Crippen LogP contribution in [0.4, 0.5) is 4.39 Å². The lowest BCUT2D eigenvalue weighted by molar-refractivity contribution is 0.0993. The van der Waals surface area contributed by atoms with Crippen LogP contribution in [-0.4, -0.2) is 17.9 Å². The second-order valence-electron chi connectivity index (χ2n) is 4.92. The van der Waals surface area contributed by atoms with Gasteiger partial charge in [0, 0.05) is 12.0 Å². The van der Waals surface area contributed by atoms with Crippen LogP contribution in [0.25, 0.3) is 0 Å². The molecule has 1 aliphatic heterocycles. The summed E-state index contributed by atoms with van der Waals surface area (Å²) in [5.41, 5.74) is 2.64. The Bertz CT molecular complexity index is 720. The second-order valence-corrected chi connectivity index (χ2v) is 5.33. The van der Waals surface area contributed by atoms with Gasteiger partial charge in [-0.15, -0.1) is 0 Å². The number of hydrogen-bond acceptors (Lipinski definition) is 3. The number of rotatable bonds is 3. The van der Waals surface area contributed by atoms with Crippen molar-refractivity contribution in [3.05, 3.63) is 63.9 Å². The first-order valence-corrected chi connectivity index (χ1v) is 6.82. The zero-order valence-corrected chi connectivity index (χ0v) is 11.7. The lowest BCUT2D eigenvalue weighted by Gasteiger charge is -2.06. The minimum atomic E-state index is -0.940. The van der Waals surface area contributed by atoms with Gasteiger partial charge in [-0.3, -0.25) is 4.79 Å². The van der Waals surface area contributed by atoms with Gasteiger partial charge in [-0.25, -0.2) is 4.39 Å². The van der Waals surface area contributed by atoms with E-state index >= 15 is 0 Å². The van der Waals surface area contributed by atoms with Crippen molar-refractivity contribution in [2.24, 2.45) is 0 Å². The Morgan fingerprint density at radius 2 is 2.14 bits per heavy atom. The maximum Gasteiger partial charge on any atom is 0.491 e. The van der Waals surface area contributed by atoms with Crippen molar-refractivity contribution in [1.82, 2.24) is 0 Å². The molecule has 0 bridgehead atoms. The molecule has 21 heavy (non-hydrogen) atoms. The zero-order chi connectivity index (χ0) is 15.0. The van der Waals surface area contributed by atoms with Gasteiger partial charge in [-0.05, 0) is 34.8 Å². The molecule has 6 heteroatoms. The van der Waals surface area contributed by atoms with Crippen LogP contribution in [-0.2, 0) is 17.7 Å². The van der Waals surface area contributed by atoms with Crippen LogP contribution in [0.2, 0.25) is 5.02 Å². The largest absolute Gasteiger partial charge is 0.491 e. The summed E-state index contributed by atoms with van der Waals surface area (Å²) in [6, 6.07) is 9.11. The molecule has 0 unspecified atom stereocenters. The molecule has 0 fully saturated rings. The number of fused-ring (bicyclic) bond motifs is 1. The van der Waals surface area contributed by atoms with E-state index in [0.717, 1.165) is 17.2 Å². The summed E-state index contributed by atoms with van der Waals surface area (Å²) in [6.07, 6.45) is 0.130. The van der Waals surface area contributed by atoms with E-state index in [1.807, 2.05) is 12.1 Å². The minimum Gasteiger partial charge on any atom is -0.423 e. The maximum absolute atomic E-state index is 13.0. The third-order valence-electron chi connectivity index (χ3n) is 3.47. The molecular formula is C15H11BClFO3. The van der Waals surface area contributed by atoms with E-state index in [-0.39, 0.29) is 22.8 Å². The first-order valence-electron chi connectivity index (χ1n) is 6.44. The van der Waals surface area contributed by atoms with Crippen LogP contribution < -0.4 is 5.46 Å². The van der Waals surface area contributed by atoms with Crippen molar-refractivity contribution in [3.63, 3.8) is 0 Å². The maximum atomic E-state index is 13.0. The van der Waals surface area contributed by atoms with E-state index in [1.165, 1.54) is 12.1 Å². The van der Waals surface area contributed by atoms with Crippen LogP contribution in [0.1, 0.15) is 21.5 Å². The highest BCUT2D eigenvalue weighted by Gasteiger charge is 2.27. The van der Waals surface area contributed by atoms with Gasteiger partial charge in [0.2, 0.25) is 0 Å². The molecule has 2 aromatic carbocycles. The van der Waals surface area contributed by atoms with Crippen molar-refractivity contribution < 1.29 is 18.9 Å². The van der Waals surface area contributed by atoms with Gasteiger partial charge in [0.1, 0.15) is 5.82 Å². The van der Waals surface area contributed by atoms with Gasteiger partial charge in [0.25, 0.3) is 0 Å². The Hall–Kier alpha value is -1.69. The van der Waals surface area contributed by atoms with Crippen molar-refractivity contribution in [2.75, 3.05) is 0 Å². The molecule has 3 nitrogen and oxygen atoms in total. The third kappa shape index (κ3) is 2.86. The summed E-state index contributed by atoms with van der Waals surface area (Å²) in [7, 11) is -0.940. The fourth-order valence-electron chi connectivity index (χ4n) is 2.37. The molecule has 0 amide bonds. The molecule has 3 rings (SSSR count). The van der Waals surface area contributed by atoms with Crippen LogP contribution >= 0.6 is 11.6 Å². The van der Waals surface area contributed by atoms with E-state index in [2.05, 4.69) is 0 Å². The average Bonchev–Trinajstić information content (AvgIpc) is 2.80. The molecule has 1 N–H and O–H groups in total. The quantitative estimate of drug-likeness (QED) is 0.698. The number of Topliss-reactive ketones (excluding diaryl/α,β-unsaturated/α-hetero) is 1. The van der Waals surface area contributed by atoms with E-state index < -0.39 is 12.9 Å². The van der Waals surface area contributed by atoms with Gasteiger partial charge in [0.05, 0.1) is 11.6 Å². The molecule has 1 aliphatic rings. The third-order valence-corrected chi connectivity index (χ3v) is 3.78. The first kappa shape index (κ1) is 14.3. The summed E-state index contributed by atoms with van der Waals surface area (Å²) in [6.45, 7) is 0.370. The Kier molecular flexibility index (Phi) is 3.80. The second kappa shape index (κ2) is 5.60. The molecule has 0 saturated heterocycles. The molecule has 0 aromatic heterocycles. The van der Waals surface area contributed by atoms with Gasteiger partial charge in [-0.1, -0.05) is 29.8 Å². The molecule has 2 aromatic rings. The predicted molar refractivity (Wildman–Crippen MR) is 78.3 cm³/mol. The topological polar surface area (TPSA) is 46.5 Å². The highest BCUT2D eigenvalue weighted by molar-refractivity contribution is 6.61. The number of halogens is 2. The fraction of sp³-hybridized carbons (Fsp3) is 0.133. The zero-order valence-electron chi connectivity index (χ0n) is 11.0. The first-order chi connectivity index (χ1) is 10.0. The summed E-state index contributed by atoms with van der Waals surface area (Å²) >= 11 is 5.89. The van der Waals surface area contributed by atoms with Gasteiger partial charge in [0.15, 0.2) is 5.78 Å². The van der Waals surface area contributed by atoms with E-state index in [9.17, 15) is 14.2 Å². The van der Waals surface area contributed by atoms with Crippen molar-refractivity contribution >= 4 is 30.0 Å². The van der Waals surface area contributed by atoms with Crippen LogP contribution in [0.5, 0.6) is 0 Å². The summed E-state index contributed by atoms with van der Waals surface area (Å²) in [4.78, 5) is 12.2. The summed E-state index contributed by atoms with van der Waals surface area (Å²) < 4.78 is 18.1. The van der Waals surface area contributed by atoms with E-state index in [1.54, 1.807) is 6.07 Å². The van der Waals surface area contributed by atoms with Gasteiger partial charge < -0.3 is 9.68 Å². The fourth-order valence-corrected chi connectivity index (χ4v) is 2.64. The van der Waals surface area contributed by atoms with E-state index in [0.29, 0.717) is 12.1 Å². The molecular weight excluding hydrogens is 293 g/mol. The smallest absolute Gasteiger partial charge is 0.423 e. The van der Waals surface area contributed by atoms with Gasteiger partial charge >= 0.3 is 7.12 Å². The lowest BCUT2D eigenvalue weighted by atomic mass is 9.78. The Morgan fingerprint density at radius 3 is 2.90 bits per heavy atom. The van der Waals surface area contributed by atoms with E-state index in [4.69, 9.17) is 16.3 Å². The molecule has 0 saturated carbocycles.